The van der Waals surface area contributed by atoms with E-state index in [1.807, 2.05) is 26.0 Å². The minimum absolute atomic E-state index is 0.0102. The standard InChI is InChI=1S/C24H23ClO5/c1-16-4-9-22(14-17(16)2)30-24(3,23(26)27)18-5-10-20(11-6-18)28-15-29-21-12-7-19(25)8-13-21/h4-14H,15H2,1-3H3,(H,26,27). The Labute approximate surface area is 180 Å². The normalized spacial score (nSPS) is 12.7. The van der Waals surface area contributed by atoms with Crippen molar-refractivity contribution >= 4 is 17.6 Å². The van der Waals surface area contributed by atoms with Crippen LogP contribution in [0.4, 0.5) is 0 Å². The Morgan fingerprint density at radius 2 is 1.40 bits per heavy atom. The fourth-order valence-corrected chi connectivity index (χ4v) is 2.93. The summed E-state index contributed by atoms with van der Waals surface area (Å²) >= 11 is 5.84. The van der Waals surface area contributed by atoms with Gasteiger partial charge in [0.1, 0.15) is 17.2 Å². The van der Waals surface area contributed by atoms with E-state index < -0.39 is 11.6 Å². The smallest absolute Gasteiger partial charge is 0.352 e. The first-order valence-electron chi connectivity index (χ1n) is 9.39. The Hall–Kier alpha value is -3.18. The summed E-state index contributed by atoms with van der Waals surface area (Å²) in [5.74, 6) is 0.600. The first-order valence-corrected chi connectivity index (χ1v) is 9.77. The van der Waals surface area contributed by atoms with Gasteiger partial charge in [-0.25, -0.2) is 4.79 Å². The summed E-state index contributed by atoms with van der Waals surface area (Å²) in [5, 5.41) is 10.5. The molecule has 0 radical (unpaired) electrons. The van der Waals surface area contributed by atoms with Crippen LogP contribution in [0.15, 0.2) is 66.7 Å². The minimum atomic E-state index is -1.54. The third-order valence-electron chi connectivity index (χ3n) is 4.88. The summed E-state index contributed by atoms with van der Waals surface area (Å²) in [4.78, 5) is 12.0. The van der Waals surface area contributed by atoms with Crippen LogP contribution in [0.3, 0.4) is 0 Å². The zero-order chi connectivity index (χ0) is 21.7. The van der Waals surface area contributed by atoms with Gasteiger partial charge in [0.05, 0.1) is 0 Å². The van der Waals surface area contributed by atoms with Gasteiger partial charge in [0.2, 0.25) is 12.4 Å². The van der Waals surface area contributed by atoms with Crippen molar-refractivity contribution in [1.29, 1.82) is 0 Å². The highest BCUT2D eigenvalue weighted by atomic mass is 35.5. The van der Waals surface area contributed by atoms with E-state index in [0.717, 1.165) is 11.1 Å². The monoisotopic (exact) mass is 426 g/mol. The molecule has 3 rings (SSSR count). The van der Waals surface area contributed by atoms with Gasteiger partial charge >= 0.3 is 5.97 Å². The average molecular weight is 427 g/mol. The molecule has 1 N–H and O–H groups in total. The molecule has 0 amide bonds. The molecule has 3 aromatic carbocycles. The van der Waals surface area contributed by atoms with Crippen molar-refractivity contribution < 1.29 is 24.1 Å². The summed E-state index contributed by atoms with van der Waals surface area (Å²) in [7, 11) is 0. The lowest BCUT2D eigenvalue weighted by Crippen LogP contribution is -2.38. The maximum absolute atomic E-state index is 12.0. The SMILES string of the molecule is Cc1ccc(OC(C)(C(=O)O)c2ccc(OCOc3ccc(Cl)cc3)cc2)cc1C. The number of carbonyl (C=O) groups is 1. The van der Waals surface area contributed by atoms with Crippen molar-refractivity contribution in [1.82, 2.24) is 0 Å². The van der Waals surface area contributed by atoms with E-state index in [1.165, 1.54) is 6.92 Å². The molecule has 0 saturated heterocycles. The fourth-order valence-electron chi connectivity index (χ4n) is 2.80. The molecule has 1 atom stereocenters. The number of hydrogen-bond acceptors (Lipinski definition) is 4. The van der Waals surface area contributed by atoms with E-state index >= 15 is 0 Å². The Balaban J connectivity index is 1.68. The molecule has 30 heavy (non-hydrogen) atoms. The van der Waals surface area contributed by atoms with Crippen LogP contribution in [0.5, 0.6) is 17.2 Å². The van der Waals surface area contributed by atoms with Crippen molar-refractivity contribution in [2.75, 3.05) is 6.79 Å². The van der Waals surface area contributed by atoms with Crippen LogP contribution in [0.25, 0.3) is 0 Å². The van der Waals surface area contributed by atoms with Crippen LogP contribution in [-0.2, 0) is 10.4 Å². The van der Waals surface area contributed by atoms with Gasteiger partial charge in [-0.15, -0.1) is 0 Å². The Morgan fingerprint density at radius 3 is 1.93 bits per heavy atom. The Bertz CT molecular complexity index is 1010. The molecule has 156 valence electrons. The number of carboxylic acids is 1. The molecule has 0 aliphatic rings. The van der Waals surface area contributed by atoms with Crippen LogP contribution >= 0.6 is 11.6 Å². The summed E-state index contributed by atoms with van der Waals surface area (Å²) in [6, 6.07) is 19.2. The molecule has 0 heterocycles. The van der Waals surface area contributed by atoms with E-state index in [4.69, 9.17) is 25.8 Å². The highest BCUT2D eigenvalue weighted by Crippen LogP contribution is 2.31. The number of carboxylic acid groups (broad SMARTS) is 1. The molecule has 0 aromatic heterocycles. The van der Waals surface area contributed by atoms with Gasteiger partial charge in [0, 0.05) is 10.6 Å². The minimum Gasteiger partial charge on any atom is -0.478 e. The zero-order valence-corrected chi connectivity index (χ0v) is 17.8. The maximum atomic E-state index is 12.0. The second-order valence-electron chi connectivity index (χ2n) is 7.07. The second-order valence-corrected chi connectivity index (χ2v) is 7.51. The third kappa shape index (κ3) is 5.05. The number of hydrogen-bond donors (Lipinski definition) is 1. The molecule has 0 aliphatic carbocycles. The quantitative estimate of drug-likeness (QED) is 0.464. The molecular weight excluding hydrogens is 404 g/mol. The largest absolute Gasteiger partial charge is 0.478 e. The van der Waals surface area contributed by atoms with E-state index in [0.29, 0.717) is 27.8 Å². The predicted octanol–water partition coefficient (Wildman–Crippen LogP) is 5.75. The van der Waals surface area contributed by atoms with Crippen molar-refractivity contribution in [3.8, 4) is 17.2 Å². The molecule has 0 fully saturated rings. The molecule has 0 aliphatic heterocycles. The number of halogens is 1. The van der Waals surface area contributed by atoms with E-state index in [9.17, 15) is 9.90 Å². The van der Waals surface area contributed by atoms with E-state index in [-0.39, 0.29) is 6.79 Å². The van der Waals surface area contributed by atoms with Gasteiger partial charge < -0.3 is 19.3 Å². The van der Waals surface area contributed by atoms with Crippen LogP contribution < -0.4 is 14.2 Å². The molecule has 0 spiro atoms. The maximum Gasteiger partial charge on any atom is 0.352 e. The third-order valence-corrected chi connectivity index (χ3v) is 5.13. The van der Waals surface area contributed by atoms with Crippen molar-refractivity contribution in [2.45, 2.75) is 26.4 Å². The first kappa shape index (κ1) is 21.5. The summed E-state index contributed by atoms with van der Waals surface area (Å²) in [6.07, 6.45) is 0. The van der Waals surface area contributed by atoms with Crippen LogP contribution in [-0.4, -0.2) is 17.9 Å². The highest BCUT2D eigenvalue weighted by molar-refractivity contribution is 6.30. The van der Waals surface area contributed by atoms with Gasteiger partial charge in [-0.2, -0.15) is 0 Å². The topological polar surface area (TPSA) is 65.0 Å². The van der Waals surface area contributed by atoms with Crippen LogP contribution in [0, 0.1) is 13.8 Å². The predicted molar refractivity (Wildman–Crippen MR) is 116 cm³/mol. The second kappa shape index (κ2) is 9.09. The molecule has 6 heteroatoms. The number of ether oxygens (including phenoxy) is 3. The van der Waals surface area contributed by atoms with Crippen molar-refractivity contribution in [2.24, 2.45) is 0 Å². The fraction of sp³-hybridized carbons (Fsp3) is 0.208. The van der Waals surface area contributed by atoms with E-state index in [1.54, 1.807) is 54.6 Å². The summed E-state index contributed by atoms with van der Waals surface area (Å²) < 4.78 is 17.0. The average Bonchev–Trinajstić information content (AvgIpc) is 2.72. The number of rotatable bonds is 8. The lowest BCUT2D eigenvalue weighted by atomic mass is 9.95. The van der Waals surface area contributed by atoms with Crippen LogP contribution in [0.1, 0.15) is 23.6 Å². The molecule has 0 bridgehead atoms. The van der Waals surface area contributed by atoms with Gasteiger partial charge in [-0.1, -0.05) is 29.8 Å². The van der Waals surface area contributed by atoms with Gasteiger partial charge in [-0.3, -0.25) is 0 Å². The number of aryl methyl sites for hydroxylation is 2. The Morgan fingerprint density at radius 1 is 0.867 bits per heavy atom. The first-order chi connectivity index (χ1) is 14.3. The van der Waals surface area contributed by atoms with Crippen molar-refractivity contribution in [3.05, 3.63) is 88.4 Å². The highest BCUT2D eigenvalue weighted by Gasteiger charge is 2.38. The lowest BCUT2D eigenvalue weighted by Gasteiger charge is -2.27. The summed E-state index contributed by atoms with van der Waals surface area (Å²) in [6.45, 7) is 5.49. The number of benzene rings is 3. The van der Waals surface area contributed by atoms with Gasteiger partial charge in [-0.05, 0) is 80.4 Å². The molecule has 3 aromatic rings. The Kier molecular flexibility index (Phi) is 6.53. The van der Waals surface area contributed by atoms with Gasteiger partial charge in [0.15, 0.2) is 0 Å². The number of aliphatic carboxylic acids is 1. The molecular formula is C24H23ClO5. The van der Waals surface area contributed by atoms with Gasteiger partial charge in [0.25, 0.3) is 0 Å². The summed E-state index contributed by atoms with van der Waals surface area (Å²) in [5.41, 5.74) is 1.10. The van der Waals surface area contributed by atoms with Crippen molar-refractivity contribution in [3.63, 3.8) is 0 Å². The molecule has 1 unspecified atom stereocenters. The van der Waals surface area contributed by atoms with E-state index in [2.05, 4.69) is 0 Å². The molecule has 0 saturated carbocycles. The van der Waals surface area contributed by atoms with Crippen LogP contribution in [0.2, 0.25) is 5.02 Å². The molecule has 5 nitrogen and oxygen atoms in total. The zero-order valence-electron chi connectivity index (χ0n) is 17.0. The lowest BCUT2D eigenvalue weighted by molar-refractivity contribution is -0.154.